The zero-order valence-electron chi connectivity index (χ0n) is 29.5. The fraction of sp³-hybridized carbons (Fsp3) is 0.432. The highest BCUT2D eigenvalue weighted by atomic mass is 35.5. The average Bonchev–Trinajstić information content (AvgIpc) is 3.12. The third kappa shape index (κ3) is 8.96. The molecule has 15 heteroatoms. The Hall–Kier alpha value is -5.26. The second-order valence-corrected chi connectivity index (χ2v) is 14.4. The molecule has 3 aromatic rings. The summed E-state index contributed by atoms with van der Waals surface area (Å²) in [4.78, 5) is 57.3. The lowest BCUT2D eigenvalue weighted by molar-refractivity contribution is -0.164. The number of imide groups is 1. The Morgan fingerprint density at radius 1 is 0.962 bits per heavy atom. The van der Waals surface area contributed by atoms with Crippen molar-refractivity contribution in [1.82, 2.24) is 31.2 Å². The van der Waals surface area contributed by atoms with E-state index in [1.165, 1.54) is 12.3 Å². The molecule has 2 fully saturated rings. The molecule has 1 aromatic carbocycles. The van der Waals surface area contributed by atoms with Crippen molar-refractivity contribution in [1.29, 1.82) is 5.26 Å². The van der Waals surface area contributed by atoms with E-state index in [0.29, 0.717) is 53.2 Å². The molecule has 1 saturated carbocycles. The van der Waals surface area contributed by atoms with E-state index in [4.69, 9.17) is 26.3 Å². The number of rotatable bonds is 15. The monoisotopic (exact) mass is 730 g/mol. The molecule has 0 radical (unpaired) electrons. The first kappa shape index (κ1) is 38.0. The summed E-state index contributed by atoms with van der Waals surface area (Å²) < 4.78 is 12.0. The van der Waals surface area contributed by atoms with Gasteiger partial charge in [0.2, 0.25) is 11.8 Å². The van der Waals surface area contributed by atoms with Crippen molar-refractivity contribution in [3.05, 3.63) is 76.7 Å². The molecule has 1 aliphatic carbocycles. The molecule has 1 saturated heterocycles. The Balaban J connectivity index is 0.963. The smallest absolute Gasteiger partial charge is 0.270 e. The van der Waals surface area contributed by atoms with Gasteiger partial charge in [-0.2, -0.15) is 5.26 Å². The summed E-state index contributed by atoms with van der Waals surface area (Å²) in [6.45, 7) is 10.7. The number of hydrogen-bond acceptors (Lipinski definition) is 11. The number of hydrogen-bond donors (Lipinski definition) is 5. The first-order valence-corrected chi connectivity index (χ1v) is 17.5. The fourth-order valence-corrected chi connectivity index (χ4v) is 7.11. The lowest BCUT2D eigenvalue weighted by Crippen LogP contribution is -2.74. The van der Waals surface area contributed by atoms with E-state index in [9.17, 15) is 19.2 Å². The number of nitrogens with one attached hydrogen (secondary N) is 5. The van der Waals surface area contributed by atoms with Crippen LogP contribution in [0.4, 0.5) is 5.82 Å². The average molecular weight is 731 g/mol. The minimum absolute atomic E-state index is 0.147. The number of nitriles is 1. The summed E-state index contributed by atoms with van der Waals surface area (Å²) in [5, 5.41) is 24.0. The summed E-state index contributed by atoms with van der Waals surface area (Å²) in [5.41, 5.74) is 0.237. The molecule has 5 N–H and O–H groups in total. The summed E-state index contributed by atoms with van der Waals surface area (Å²) in [5.74, 6) is 0.177. The van der Waals surface area contributed by atoms with Crippen LogP contribution in [0.2, 0.25) is 5.02 Å². The Labute approximate surface area is 307 Å². The number of aromatic nitrogens is 2. The van der Waals surface area contributed by atoms with Crippen LogP contribution in [0.5, 0.6) is 11.5 Å². The number of ether oxygens (including phenoxy) is 2. The predicted molar refractivity (Wildman–Crippen MR) is 193 cm³/mol. The van der Waals surface area contributed by atoms with Gasteiger partial charge in [-0.1, -0.05) is 39.3 Å². The van der Waals surface area contributed by atoms with Crippen LogP contribution in [-0.2, 0) is 9.59 Å². The highest BCUT2D eigenvalue weighted by molar-refractivity contribution is 6.31. The lowest BCUT2D eigenvalue weighted by Gasteiger charge is -2.63. The molecule has 1 aliphatic heterocycles. The highest BCUT2D eigenvalue weighted by Gasteiger charge is 2.64. The van der Waals surface area contributed by atoms with Crippen LogP contribution < -0.4 is 36.1 Å². The maximum atomic E-state index is 13.2. The van der Waals surface area contributed by atoms with E-state index < -0.39 is 17.9 Å². The summed E-state index contributed by atoms with van der Waals surface area (Å²) in [6.07, 6.45) is 3.98. The standard InChI is InChI=1S/C37H43ClN8O6/c1-36(2)34(37(3,4)35(36)52-24-8-6-22(19-39)26(38)18-24)46-31(48)23-7-12-29(43-20-23)41-16-15-40-14-5-17-51-25-9-10-27(42-21-25)32(49)44-28-11-13-30(47)45-33(28)50/h6-10,12,18,20-21,28,34-35,40H,5,11,13-17H2,1-4H3,(H,41,43)(H,44,49)(H,46,48)(H,45,47,50). The molecular formula is C37H43ClN8O6. The summed E-state index contributed by atoms with van der Waals surface area (Å²) in [6, 6.07) is 12.8. The van der Waals surface area contributed by atoms with Gasteiger partial charge in [0, 0.05) is 48.6 Å². The van der Waals surface area contributed by atoms with Crippen molar-refractivity contribution < 1.29 is 28.7 Å². The first-order chi connectivity index (χ1) is 24.8. The van der Waals surface area contributed by atoms with Crippen molar-refractivity contribution >= 4 is 41.0 Å². The summed E-state index contributed by atoms with van der Waals surface area (Å²) in [7, 11) is 0. The van der Waals surface area contributed by atoms with Gasteiger partial charge in [-0.3, -0.25) is 24.5 Å². The SMILES string of the molecule is CC1(C)C(NC(=O)c2ccc(NCCNCCCOc3ccc(C(=O)NC4CCC(=O)NC4=O)nc3)nc2)C(C)(C)C1Oc1ccc(C#N)c(Cl)c1. The number of carbonyl (C=O) groups is 4. The third-order valence-electron chi connectivity index (χ3n) is 9.34. The number of amides is 4. The van der Waals surface area contributed by atoms with Crippen LogP contribution in [0.15, 0.2) is 54.9 Å². The molecule has 52 heavy (non-hydrogen) atoms. The maximum absolute atomic E-state index is 13.2. The second kappa shape index (κ2) is 16.4. The number of carbonyl (C=O) groups excluding carboxylic acids is 4. The van der Waals surface area contributed by atoms with Crippen LogP contribution in [-0.4, -0.2) is 78.0 Å². The number of anilines is 1. The molecule has 274 valence electrons. The van der Waals surface area contributed by atoms with Crippen LogP contribution in [0, 0.1) is 22.2 Å². The Morgan fingerprint density at radius 2 is 1.73 bits per heavy atom. The van der Waals surface area contributed by atoms with Gasteiger partial charge in [0.15, 0.2) is 0 Å². The van der Waals surface area contributed by atoms with Crippen molar-refractivity contribution in [2.45, 2.75) is 65.1 Å². The Morgan fingerprint density at radius 3 is 2.38 bits per heavy atom. The third-order valence-corrected chi connectivity index (χ3v) is 9.66. The largest absolute Gasteiger partial charge is 0.492 e. The molecule has 4 amide bonds. The number of benzene rings is 1. The van der Waals surface area contributed by atoms with Crippen LogP contribution in [0.3, 0.4) is 0 Å². The topological polar surface area (TPSA) is 196 Å². The van der Waals surface area contributed by atoms with Gasteiger partial charge in [0.25, 0.3) is 11.8 Å². The molecule has 14 nitrogen and oxygen atoms in total. The van der Waals surface area contributed by atoms with E-state index in [-0.39, 0.29) is 53.3 Å². The fourth-order valence-electron chi connectivity index (χ4n) is 6.90. The van der Waals surface area contributed by atoms with Gasteiger partial charge in [-0.15, -0.1) is 0 Å². The van der Waals surface area contributed by atoms with Crippen LogP contribution >= 0.6 is 11.6 Å². The second-order valence-electron chi connectivity index (χ2n) is 14.0. The van der Waals surface area contributed by atoms with Crippen LogP contribution in [0.25, 0.3) is 0 Å². The molecule has 0 spiro atoms. The van der Waals surface area contributed by atoms with Crippen molar-refractivity contribution in [2.75, 3.05) is 31.6 Å². The molecule has 0 bridgehead atoms. The minimum atomic E-state index is -0.764. The molecule has 1 unspecified atom stereocenters. The van der Waals surface area contributed by atoms with E-state index in [0.717, 1.165) is 13.0 Å². The molecule has 3 heterocycles. The number of piperidine rings is 1. The highest BCUT2D eigenvalue weighted by Crippen LogP contribution is 2.55. The van der Waals surface area contributed by atoms with Gasteiger partial charge in [-0.05, 0) is 55.8 Å². The Bertz CT molecular complexity index is 1810. The van der Waals surface area contributed by atoms with Gasteiger partial charge in [-0.25, -0.2) is 9.97 Å². The van der Waals surface area contributed by atoms with Gasteiger partial charge < -0.3 is 30.7 Å². The normalized spacial score (nSPS) is 20.0. The minimum Gasteiger partial charge on any atom is -0.492 e. The number of halogens is 1. The maximum Gasteiger partial charge on any atom is 0.270 e. The molecule has 2 aliphatic rings. The van der Waals surface area contributed by atoms with Crippen molar-refractivity contribution in [2.24, 2.45) is 10.8 Å². The molecule has 1 atom stereocenters. The van der Waals surface area contributed by atoms with E-state index in [1.807, 2.05) is 6.07 Å². The van der Waals surface area contributed by atoms with Crippen molar-refractivity contribution in [3.63, 3.8) is 0 Å². The number of nitrogens with zero attached hydrogens (tertiary/aromatic N) is 3. The van der Waals surface area contributed by atoms with E-state index >= 15 is 0 Å². The zero-order chi connectivity index (χ0) is 37.5. The zero-order valence-corrected chi connectivity index (χ0v) is 30.3. The van der Waals surface area contributed by atoms with Crippen LogP contribution in [0.1, 0.15) is 73.4 Å². The number of pyridine rings is 2. The first-order valence-electron chi connectivity index (χ1n) is 17.1. The van der Waals surface area contributed by atoms with E-state index in [2.05, 4.69) is 64.2 Å². The van der Waals surface area contributed by atoms with E-state index in [1.54, 1.807) is 42.6 Å². The van der Waals surface area contributed by atoms with Gasteiger partial charge in [0.05, 0.1) is 29.0 Å². The predicted octanol–water partition coefficient (Wildman–Crippen LogP) is 3.62. The molecular weight excluding hydrogens is 688 g/mol. The van der Waals surface area contributed by atoms with Gasteiger partial charge >= 0.3 is 0 Å². The Kier molecular flexibility index (Phi) is 12.0. The summed E-state index contributed by atoms with van der Waals surface area (Å²) >= 11 is 6.20. The van der Waals surface area contributed by atoms with Gasteiger partial charge in [0.1, 0.15) is 41.2 Å². The molecule has 5 rings (SSSR count). The molecule has 2 aromatic heterocycles. The quantitative estimate of drug-likeness (QED) is 0.113. The van der Waals surface area contributed by atoms with Crippen molar-refractivity contribution in [3.8, 4) is 17.6 Å². The lowest BCUT2D eigenvalue weighted by atomic mass is 9.49.